The smallest absolute Gasteiger partial charge is 0.244 e. The molecule has 7 heteroatoms. The fourth-order valence-corrected chi connectivity index (χ4v) is 3.95. The van der Waals surface area contributed by atoms with Crippen LogP contribution in [0.1, 0.15) is 23.8 Å². The third-order valence-corrected chi connectivity index (χ3v) is 5.70. The van der Waals surface area contributed by atoms with Crippen molar-refractivity contribution in [1.82, 2.24) is 4.72 Å². The number of nitrogens with one attached hydrogen (secondary N) is 1. The van der Waals surface area contributed by atoms with Crippen LogP contribution >= 0.6 is 22.9 Å². The minimum Gasteiger partial charge on any atom is -0.492 e. The van der Waals surface area contributed by atoms with E-state index < -0.39 is 10.0 Å². The molecular weight excluding hydrogens is 342 g/mol. The summed E-state index contributed by atoms with van der Waals surface area (Å²) in [5.74, 6) is 0.336. The number of aryl methyl sites for hydroxylation is 1. The molecule has 1 aromatic carbocycles. The molecule has 0 fully saturated rings. The largest absolute Gasteiger partial charge is 0.492 e. The number of halogens is 1. The van der Waals surface area contributed by atoms with E-state index in [0.717, 1.165) is 16.9 Å². The Hall–Kier alpha value is -1.08. The number of rotatable bonds is 7. The van der Waals surface area contributed by atoms with Crippen molar-refractivity contribution in [2.45, 2.75) is 31.7 Å². The standard InChI is InChI=1S/C15H18ClNO3S2/c1-3-6-20-14-8-11(2)13(16)9-15(14)22(18,19)17-10-12-5-4-7-21-12/h4-5,7-9,17H,3,6,10H2,1-2H3. The van der Waals surface area contributed by atoms with Gasteiger partial charge in [0, 0.05) is 16.4 Å². The van der Waals surface area contributed by atoms with Gasteiger partial charge in [0.05, 0.1) is 6.61 Å². The molecular formula is C15H18ClNO3S2. The van der Waals surface area contributed by atoms with E-state index >= 15 is 0 Å². The first-order chi connectivity index (χ1) is 10.4. The predicted molar refractivity (Wildman–Crippen MR) is 90.3 cm³/mol. The van der Waals surface area contributed by atoms with Gasteiger partial charge in [-0.25, -0.2) is 13.1 Å². The van der Waals surface area contributed by atoms with Crippen molar-refractivity contribution in [1.29, 1.82) is 0 Å². The maximum Gasteiger partial charge on any atom is 0.244 e. The summed E-state index contributed by atoms with van der Waals surface area (Å²) < 4.78 is 33.2. The monoisotopic (exact) mass is 359 g/mol. The Morgan fingerprint density at radius 2 is 2.14 bits per heavy atom. The summed E-state index contributed by atoms with van der Waals surface area (Å²) in [4.78, 5) is 1.02. The minimum absolute atomic E-state index is 0.0770. The van der Waals surface area contributed by atoms with Crippen molar-refractivity contribution < 1.29 is 13.2 Å². The third kappa shape index (κ3) is 4.23. The zero-order valence-corrected chi connectivity index (χ0v) is 14.8. The molecule has 0 radical (unpaired) electrons. The van der Waals surface area contributed by atoms with Crippen LogP contribution in [0.25, 0.3) is 0 Å². The SMILES string of the molecule is CCCOc1cc(C)c(Cl)cc1S(=O)(=O)NCc1cccs1. The molecule has 0 spiro atoms. The molecule has 2 rings (SSSR count). The Kier molecular flexibility index (Phi) is 5.86. The summed E-state index contributed by atoms with van der Waals surface area (Å²) in [5.41, 5.74) is 0.782. The summed E-state index contributed by atoms with van der Waals surface area (Å²) in [6.45, 7) is 4.48. The Balaban J connectivity index is 2.29. The van der Waals surface area contributed by atoms with Gasteiger partial charge in [0.1, 0.15) is 10.6 Å². The van der Waals surface area contributed by atoms with Gasteiger partial charge in [-0.15, -0.1) is 11.3 Å². The summed E-state index contributed by atoms with van der Waals surface area (Å²) >= 11 is 7.58. The summed E-state index contributed by atoms with van der Waals surface area (Å²) in [5, 5.41) is 2.31. The van der Waals surface area contributed by atoms with E-state index in [4.69, 9.17) is 16.3 Å². The van der Waals surface area contributed by atoms with Crippen molar-refractivity contribution in [3.05, 3.63) is 45.1 Å². The van der Waals surface area contributed by atoms with Crippen molar-refractivity contribution in [2.75, 3.05) is 6.61 Å². The molecule has 0 bridgehead atoms. The van der Waals surface area contributed by atoms with E-state index in [0.29, 0.717) is 17.4 Å². The summed E-state index contributed by atoms with van der Waals surface area (Å²) in [6, 6.07) is 6.87. The van der Waals surface area contributed by atoms with E-state index in [1.54, 1.807) is 6.07 Å². The molecule has 1 N–H and O–H groups in total. The molecule has 0 atom stereocenters. The second-order valence-electron chi connectivity index (χ2n) is 4.80. The first-order valence-electron chi connectivity index (χ1n) is 6.89. The normalized spacial score (nSPS) is 11.6. The van der Waals surface area contributed by atoms with E-state index in [1.807, 2.05) is 31.4 Å². The number of hydrogen-bond acceptors (Lipinski definition) is 4. The number of ether oxygens (including phenoxy) is 1. The van der Waals surface area contributed by atoms with E-state index in [2.05, 4.69) is 4.72 Å². The molecule has 0 saturated heterocycles. The zero-order valence-electron chi connectivity index (χ0n) is 12.4. The van der Waals surface area contributed by atoms with Gasteiger partial charge in [0.25, 0.3) is 0 Å². The van der Waals surface area contributed by atoms with Gasteiger partial charge >= 0.3 is 0 Å². The Morgan fingerprint density at radius 1 is 1.36 bits per heavy atom. The van der Waals surface area contributed by atoms with Crippen molar-refractivity contribution in [3.63, 3.8) is 0 Å². The second kappa shape index (κ2) is 7.46. The van der Waals surface area contributed by atoms with Crippen LogP contribution in [-0.2, 0) is 16.6 Å². The van der Waals surface area contributed by atoms with E-state index in [9.17, 15) is 8.42 Å². The summed E-state index contributed by atoms with van der Waals surface area (Å²) in [7, 11) is -3.69. The minimum atomic E-state index is -3.69. The Bertz CT molecular complexity index is 727. The molecule has 1 aromatic heterocycles. The number of hydrogen-bond donors (Lipinski definition) is 1. The molecule has 4 nitrogen and oxygen atoms in total. The zero-order chi connectivity index (χ0) is 16.2. The highest BCUT2D eigenvalue weighted by molar-refractivity contribution is 7.89. The highest BCUT2D eigenvalue weighted by Gasteiger charge is 2.21. The van der Waals surface area contributed by atoms with Gasteiger partial charge in [-0.3, -0.25) is 0 Å². The van der Waals surface area contributed by atoms with Crippen molar-refractivity contribution in [2.24, 2.45) is 0 Å². The molecule has 1 heterocycles. The quantitative estimate of drug-likeness (QED) is 0.813. The van der Waals surface area contributed by atoms with Gasteiger partial charge in [-0.1, -0.05) is 24.6 Å². The van der Waals surface area contributed by atoms with E-state index in [-0.39, 0.29) is 11.4 Å². The number of sulfonamides is 1. The number of benzene rings is 1. The lowest BCUT2D eigenvalue weighted by atomic mass is 10.2. The van der Waals surface area contributed by atoms with Crippen LogP contribution in [-0.4, -0.2) is 15.0 Å². The van der Waals surface area contributed by atoms with Gasteiger partial charge in [-0.05, 0) is 42.5 Å². The molecule has 0 saturated carbocycles. The molecule has 0 unspecified atom stereocenters. The van der Waals surface area contributed by atoms with Gasteiger partial charge in [0.15, 0.2) is 0 Å². The van der Waals surface area contributed by atoms with Gasteiger partial charge in [0.2, 0.25) is 10.0 Å². The molecule has 0 aliphatic rings. The van der Waals surface area contributed by atoms with Crippen molar-refractivity contribution in [3.8, 4) is 5.75 Å². The lowest BCUT2D eigenvalue weighted by Crippen LogP contribution is -2.23. The average molecular weight is 360 g/mol. The summed E-state index contributed by atoms with van der Waals surface area (Å²) in [6.07, 6.45) is 0.795. The lowest BCUT2D eigenvalue weighted by molar-refractivity contribution is 0.309. The molecule has 120 valence electrons. The first-order valence-corrected chi connectivity index (χ1v) is 9.63. The van der Waals surface area contributed by atoms with Crippen LogP contribution in [0.3, 0.4) is 0 Å². The fourth-order valence-electron chi connectivity index (χ4n) is 1.83. The average Bonchev–Trinajstić information content (AvgIpc) is 2.99. The van der Waals surface area contributed by atoms with Crippen LogP contribution in [0.2, 0.25) is 5.02 Å². The van der Waals surface area contributed by atoms with Gasteiger partial charge in [-0.2, -0.15) is 0 Å². The van der Waals surface area contributed by atoms with Crippen molar-refractivity contribution >= 4 is 33.0 Å². The Labute approximate surface area is 140 Å². The highest BCUT2D eigenvalue weighted by Crippen LogP contribution is 2.30. The van der Waals surface area contributed by atoms with Crippen LogP contribution in [0.4, 0.5) is 0 Å². The highest BCUT2D eigenvalue weighted by atomic mass is 35.5. The van der Waals surface area contributed by atoms with Crippen LogP contribution in [0.5, 0.6) is 5.75 Å². The van der Waals surface area contributed by atoms with Crippen LogP contribution < -0.4 is 9.46 Å². The third-order valence-electron chi connectivity index (χ3n) is 2.99. The first kappa shape index (κ1) is 17.3. The molecule has 0 amide bonds. The van der Waals surface area contributed by atoms with Crippen LogP contribution in [0, 0.1) is 6.92 Å². The maximum absolute atomic E-state index is 12.5. The fraction of sp³-hybridized carbons (Fsp3) is 0.333. The number of thiophene rings is 1. The maximum atomic E-state index is 12.5. The van der Waals surface area contributed by atoms with Gasteiger partial charge < -0.3 is 4.74 Å². The van der Waals surface area contributed by atoms with Crippen LogP contribution in [0.15, 0.2) is 34.5 Å². The Morgan fingerprint density at radius 3 is 2.77 bits per heavy atom. The van der Waals surface area contributed by atoms with E-state index in [1.165, 1.54) is 17.4 Å². The molecule has 2 aromatic rings. The molecule has 0 aliphatic heterocycles. The molecule has 22 heavy (non-hydrogen) atoms. The topological polar surface area (TPSA) is 55.4 Å². The predicted octanol–water partition coefficient (Wildman–Crippen LogP) is 3.98. The molecule has 0 aliphatic carbocycles. The second-order valence-corrected chi connectivity index (χ2v) is 7.98. The lowest BCUT2D eigenvalue weighted by Gasteiger charge is -2.14.